The van der Waals surface area contributed by atoms with E-state index in [9.17, 15) is 19.3 Å². The van der Waals surface area contributed by atoms with Crippen LogP contribution in [0.2, 0.25) is 0 Å². The Balaban J connectivity index is 1.75. The van der Waals surface area contributed by atoms with Gasteiger partial charge in [-0.3, -0.25) is 14.9 Å². The summed E-state index contributed by atoms with van der Waals surface area (Å²) >= 11 is 1.17. The predicted molar refractivity (Wildman–Crippen MR) is 112 cm³/mol. The van der Waals surface area contributed by atoms with Gasteiger partial charge in [0.05, 0.1) is 29.6 Å². The third-order valence-electron chi connectivity index (χ3n) is 4.12. The van der Waals surface area contributed by atoms with E-state index in [0.29, 0.717) is 11.3 Å². The first kappa shape index (κ1) is 20.2. The first-order chi connectivity index (χ1) is 14.9. The number of anilines is 1. The molecule has 2 aromatic carbocycles. The van der Waals surface area contributed by atoms with E-state index >= 15 is 0 Å². The minimum absolute atomic E-state index is 0.0550. The number of nitrogens with zero attached hydrogens (tertiary/aromatic N) is 4. The molecule has 0 radical (unpaired) electrons. The molecule has 0 saturated carbocycles. The van der Waals surface area contributed by atoms with Gasteiger partial charge in [-0.15, -0.1) is 0 Å². The fraction of sp³-hybridized carbons (Fsp3) is 0.0500. The van der Waals surface area contributed by atoms with Gasteiger partial charge in [0.1, 0.15) is 16.5 Å². The molecule has 4 aromatic rings. The average molecular weight is 440 g/mol. The summed E-state index contributed by atoms with van der Waals surface area (Å²) in [6, 6.07) is 12.9. The first-order valence-corrected chi connectivity index (χ1v) is 9.59. The van der Waals surface area contributed by atoms with Crippen LogP contribution in [0.15, 0.2) is 64.1 Å². The zero-order valence-corrected chi connectivity index (χ0v) is 16.7. The molecule has 31 heavy (non-hydrogen) atoms. The number of hydrogen-bond donors (Lipinski definition) is 0. The Morgan fingerprint density at radius 3 is 2.84 bits per heavy atom. The van der Waals surface area contributed by atoms with Gasteiger partial charge in [0, 0.05) is 5.56 Å². The molecule has 0 aliphatic rings. The second kappa shape index (κ2) is 8.32. The molecule has 0 aliphatic carbocycles. The van der Waals surface area contributed by atoms with Gasteiger partial charge in [0.2, 0.25) is 5.13 Å². The molecule has 9 nitrogen and oxygen atoms in total. The fourth-order valence-corrected chi connectivity index (χ4v) is 3.62. The summed E-state index contributed by atoms with van der Waals surface area (Å²) in [5.74, 6) is -0.992. The topological polar surface area (TPSA) is 111 Å². The van der Waals surface area contributed by atoms with Crippen molar-refractivity contribution in [3.8, 4) is 5.75 Å². The fourth-order valence-electron chi connectivity index (χ4n) is 2.67. The Morgan fingerprint density at radius 2 is 2.13 bits per heavy atom. The highest BCUT2D eigenvalue weighted by molar-refractivity contribution is 7.22. The molecule has 0 bridgehead atoms. The van der Waals surface area contributed by atoms with Crippen LogP contribution in [0.1, 0.15) is 16.1 Å². The number of thiazole rings is 1. The summed E-state index contributed by atoms with van der Waals surface area (Å²) in [6.45, 7) is 0. The Kier molecular flexibility index (Phi) is 5.41. The summed E-state index contributed by atoms with van der Waals surface area (Å²) < 4.78 is 24.7. The Hall–Kier alpha value is -4.12. The van der Waals surface area contributed by atoms with Crippen molar-refractivity contribution >= 4 is 44.7 Å². The van der Waals surface area contributed by atoms with Crippen molar-refractivity contribution in [2.24, 2.45) is 5.10 Å². The number of fused-ring (bicyclic) bond motifs is 1. The molecule has 0 fully saturated rings. The number of carbonyl (C=O) groups excluding carboxylic acids is 1. The summed E-state index contributed by atoms with van der Waals surface area (Å²) in [5.41, 5.74) is 0.668. The Labute approximate surface area is 178 Å². The number of hydrazone groups is 1. The molecule has 0 saturated heterocycles. The van der Waals surface area contributed by atoms with Crippen molar-refractivity contribution in [2.45, 2.75) is 0 Å². The summed E-state index contributed by atoms with van der Waals surface area (Å²) in [7, 11) is 1.54. The van der Waals surface area contributed by atoms with Crippen molar-refractivity contribution in [3.05, 3.63) is 81.9 Å². The predicted octanol–water partition coefficient (Wildman–Crippen LogP) is 4.63. The Morgan fingerprint density at radius 1 is 1.29 bits per heavy atom. The molecule has 0 aliphatic heterocycles. The monoisotopic (exact) mass is 440 g/mol. The molecule has 4 rings (SSSR count). The molecule has 0 unspecified atom stereocenters. The standard InChI is InChI=1S/C20H13FN4O5S/c1-29-14-5-7-16-17(10-14)31-20(23-16)24(19(26)12-3-2-4-13(21)9-12)22-11-15-6-8-18(30-15)25(27)28/h2-11H,1H3/b22-11+. The third kappa shape index (κ3) is 4.26. The number of carbonyl (C=O) groups is 1. The van der Waals surface area contributed by atoms with Crippen molar-refractivity contribution in [1.29, 1.82) is 0 Å². The summed E-state index contributed by atoms with van der Waals surface area (Å²) in [6.07, 6.45) is 1.15. The van der Waals surface area contributed by atoms with Gasteiger partial charge in [0.25, 0.3) is 5.91 Å². The van der Waals surface area contributed by atoms with Gasteiger partial charge < -0.3 is 9.15 Å². The zero-order chi connectivity index (χ0) is 22.0. The maximum absolute atomic E-state index is 13.7. The van der Waals surface area contributed by atoms with Gasteiger partial charge in [0.15, 0.2) is 5.76 Å². The highest BCUT2D eigenvalue weighted by Gasteiger charge is 2.22. The lowest BCUT2D eigenvalue weighted by atomic mass is 10.2. The second-order valence-electron chi connectivity index (χ2n) is 6.14. The number of rotatable bonds is 6. The number of aromatic nitrogens is 1. The van der Waals surface area contributed by atoms with Gasteiger partial charge >= 0.3 is 5.88 Å². The maximum atomic E-state index is 13.7. The van der Waals surface area contributed by atoms with Crippen LogP contribution in [0.3, 0.4) is 0 Å². The number of amides is 1. The normalized spacial score (nSPS) is 11.2. The van der Waals surface area contributed by atoms with Gasteiger partial charge in [-0.2, -0.15) is 10.1 Å². The largest absolute Gasteiger partial charge is 0.497 e. The van der Waals surface area contributed by atoms with Gasteiger partial charge in [-0.05, 0) is 42.5 Å². The second-order valence-corrected chi connectivity index (χ2v) is 7.14. The molecule has 2 aromatic heterocycles. The molecule has 0 atom stereocenters. The number of furan rings is 1. The third-order valence-corrected chi connectivity index (χ3v) is 5.12. The van der Waals surface area contributed by atoms with E-state index in [0.717, 1.165) is 22.0 Å². The van der Waals surface area contributed by atoms with Crippen molar-refractivity contribution < 1.29 is 23.3 Å². The molecular weight excluding hydrogens is 427 g/mol. The number of benzene rings is 2. The van der Waals surface area contributed by atoms with Crippen LogP contribution in [0, 0.1) is 15.9 Å². The molecule has 0 N–H and O–H groups in total. The van der Waals surface area contributed by atoms with Crippen LogP contribution < -0.4 is 9.75 Å². The SMILES string of the molecule is COc1ccc2nc(N(/N=C/c3ccc([N+](=O)[O-])o3)C(=O)c3cccc(F)c3)sc2c1. The minimum atomic E-state index is -0.687. The smallest absolute Gasteiger partial charge is 0.433 e. The van der Waals surface area contributed by atoms with E-state index < -0.39 is 22.5 Å². The number of methoxy groups -OCH3 is 1. The van der Waals surface area contributed by atoms with Gasteiger partial charge in [-0.1, -0.05) is 17.4 Å². The number of hydrogen-bond acceptors (Lipinski definition) is 8. The van der Waals surface area contributed by atoms with Crippen LogP contribution >= 0.6 is 11.3 Å². The lowest BCUT2D eigenvalue weighted by Crippen LogP contribution is -2.25. The van der Waals surface area contributed by atoms with Crippen molar-refractivity contribution in [1.82, 2.24) is 4.98 Å². The highest BCUT2D eigenvalue weighted by atomic mass is 32.1. The summed E-state index contributed by atoms with van der Waals surface area (Å²) in [4.78, 5) is 27.6. The lowest BCUT2D eigenvalue weighted by molar-refractivity contribution is -0.402. The number of nitro groups is 1. The first-order valence-electron chi connectivity index (χ1n) is 8.77. The number of halogens is 1. The van der Waals surface area contributed by atoms with Crippen LogP contribution in [0.5, 0.6) is 5.75 Å². The molecule has 1 amide bonds. The van der Waals surface area contributed by atoms with E-state index in [2.05, 4.69) is 10.1 Å². The molecule has 11 heteroatoms. The van der Waals surface area contributed by atoms with E-state index in [1.807, 2.05) is 0 Å². The zero-order valence-electron chi connectivity index (χ0n) is 15.9. The number of ether oxygens (including phenoxy) is 1. The van der Waals surface area contributed by atoms with Gasteiger partial charge in [-0.25, -0.2) is 9.37 Å². The molecule has 0 spiro atoms. The van der Waals surface area contributed by atoms with Crippen molar-refractivity contribution in [2.75, 3.05) is 12.1 Å². The molecule has 156 valence electrons. The van der Waals surface area contributed by atoms with Crippen LogP contribution in [-0.4, -0.2) is 29.1 Å². The lowest BCUT2D eigenvalue weighted by Gasteiger charge is -2.13. The Bertz CT molecular complexity index is 1320. The maximum Gasteiger partial charge on any atom is 0.433 e. The van der Waals surface area contributed by atoms with E-state index in [-0.39, 0.29) is 16.5 Å². The highest BCUT2D eigenvalue weighted by Crippen LogP contribution is 2.32. The minimum Gasteiger partial charge on any atom is -0.497 e. The quantitative estimate of drug-likeness (QED) is 0.246. The average Bonchev–Trinajstić information content (AvgIpc) is 3.40. The molecule has 2 heterocycles. The van der Waals surface area contributed by atoms with Crippen LogP contribution in [0.4, 0.5) is 15.4 Å². The molecular formula is C20H13FN4O5S. The van der Waals surface area contributed by atoms with Crippen LogP contribution in [-0.2, 0) is 0 Å². The van der Waals surface area contributed by atoms with E-state index in [1.165, 1.54) is 48.8 Å². The van der Waals surface area contributed by atoms with E-state index in [4.69, 9.17) is 9.15 Å². The summed E-state index contributed by atoms with van der Waals surface area (Å²) in [5, 5.41) is 16.1. The van der Waals surface area contributed by atoms with Crippen LogP contribution in [0.25, 0.3) is 10.2 Å². The van der Waals surface area contributed by atoms with Crippen molar-refractivity contribution in [3.63, 3.8) is 0 Å². The van der Waals surface area contributed by atoms with E-state index in [1.54, 1.807) is 18.2 Å².